The highest BCUT2D eigenvalue weighted by Crippen LogP contribution is 2.26. The third-order valence-electron chi connectivity index (χ3n) is 6.64. The number of hydrogen-bond acceptors (Lipinski definition) is 4. The zero-order chi connectivity index (χ0) is 25.0. The Balaban J connectivity index is 1.48. The largest absolute Gasteiger partial charge is 0.507 e. The average molecular weight is 482 g/mol. The number of phenols is 1. The molecule has 4 heteroatoms. The molecule has 0 bridgehead atoms. The summed E-state index contributed by atoms with van der Waals surface area (Å²) in [4.78, 5) is 0. The monoisotopic (exact) mass is 481 g/mol. The van der Waals surface area contributed by atoms with Crippen molar-refractivity contribution in [1.29, 1.82) is 0 Å². The Kier molecular flexibility index (Phi) is 15.4. The van der Waals surface area contributed by atoms with E-state index in [0.29, 0.717) is 23.6 Å². The fourth-order valence-electron chi connectivity index (χ4n) is 4.50. The van der Waals surface area contributed by atoms with Gasteiger partial charge < -0.3 is 15.1 Å². The lowest BCUT2D eigenvalue weighted by molar-refractivity contribution is 0.302. The fourth-order valence-corrected chi connectivity index (χ4v) is 4.50. The molecule has 2 N–H and O–H groups in total. The van der Waals surface area contributed by atoms with E-state index in [-0.39, 0.29) is 5.75 Å². The van der Waals surface area contributed by atoms with E-state index >= 15 is 0 Å². The molecule has 0 aliphatic heterocycles. The molecule has 0 unspecified atom stereocenters. The number of oxime groups is 1. The molecule has 35 heavy (non-hydrogen) atoms. The summed E-state index contributed by atoms with van der Waals surface area (Å²) in [5.74, 6) is 0.684. The van der Waals surface area contributed by atoms with Crippen molar-refractivity contribution in [2.45, 2.75) is 110 Å². The molecule has 194 valence electrons. The van der Waals surface area contributed by atoms with E-state index < -0.39 is 0 Å². The van der Waals surface area contributed by atoms with Gasteiger partial charge >= 0.3 is 0 Å². The summed E-state index contributed by atoms with van der Waals surface area (Å²) in [7, 11) is 0. The second-order valence-electron chi connectivity index (χ2n) is 9.65. The lowest BCUT2D eigenvalue weighted by Crippen LogP contribution is -2.04. The molecule has 0 amide bonds. The molecule has 0 heterocycles. The van der Waals surface area contributed by atoms with Gasteiger partial charge in [0.2, 0.25) is 0 Å². The Bertz CT molecular complexity index is 819. The minimum Gasteiger partial charge on any atom is -0.507 e. The number of ether oxygens (including phenoxy) is 1. The van der Waals surface area contributed by atoms with Crippen LogP contribution in [0.2, 0.25) is 0 Å². The number of aromatic hydroxyl groups is 1. The van der Waals surface area contributed by atoms with Crippen LogP contribution < -0.4 is 4.74 Å². The Hall–Kier alpha value is -2.49. The van der Waals surface area contributed by atoms with E-state index in [0.717, 1.165) is 12.0 Å². The second kappa shape index (κ2) is 18.8. The smallest absolute Gasteiger partial charge is 0.128 e. The molecular formula is C31H47NO3. The van der Waals surface area contributed by atoms with Crippen molar-refractivity contribution in [3.05, 3.63) is 59.7 Å². The summed E-state index contributed by atoms with van der Waals surface area (Å²) in [6, 6.07) is 14.5. The number of rotatable bonds is 20. The summed E-state index contributed by atoms with van der Waals surface area (Å²) in [5.41, 5.74) is 1.56. The standard InChI is InChI=1S/C31H47NO3/c1-2-3-4-5-6-7-8-9-10-11-12-13-14-15-16-20-25-35-28-23-24-29(30(33)26-28)31(32-34)27-21-18-17-19-22-27/h17-19,21-24,26,33-34H,2-16,20,25H2,1H3/b32-31-. The maximum Gasteiger partial charge on any atom is 0.128 e. The molecule has 0 aliphatic carbocycles. The summed E-state index contributed by atoms with van der Waals surface area (Å²) >= 11 is 0. The first kappa shape index (κ1) is 28.7. The number of nitrogens with zero attached hydrogens (tertiary/aromatic N) is 1. The van der Waals surface area contributed by atoms with Crippen LogP contribution in [0.3, 0.4) is 0 Å². The maximum atomic E-state index is 10.4. The van der Waals surface area contributed by atoms with Gasteiger partial charge in [-0.2, -0.15) is 0 Å². The van der Waals surface area contributed by atoms with Crippen LogP contribution in [0.4, 0.5) is 0 Å². The maximum absolute atomic E-state index is 10.4. The summed E-state index contributed by atoms with van der Waals surface area (Å²) in [5, 5.41) is 23.2. The minimum absolute atomic E-state index is 0.0473. The molecule has 4 nitrogen and oxygen atoms in total. The molecule has 2 rings (SSSR count). The Morgan fingerprint density at radius 2 is 1.20 bits per heavy atom. The predicted molar refractivity (Wildman–Crippen MR) is 147 cm³/mol. The van der Waals surface area contributed by atoms with Gasteiger partial charge in [-0.1, -0.05) is 139 Å². The van der Waals surface area contributed by atoms with Gasteiger partial charge in [-0.3, -0.25) is 0 Å². The summed E-state index contributed by atoms with van der Waals surface area (Å²) in [6.45, 7) is 2.93. The van der Waals surface area contributed by atoms with E-state index in [1.165, 1.54) is 96.3 Å². The SMILES string of the molecule is CCCCCCCCCCCCCCCCCCOc1ccc(/C(=N\O)c2ccccc2)c(O)c1. The Morgan fingerprint density at radius 3 is 1.69 bits per heavy atom. The van der Waals surface area contributed by atoms with Gasteiger partial charge in [0.1, 0.15) is 17.2 Å². The molecule has 0 aromatic heterocycles. The normalized spacial score (nSPS) is 11.6. The van der Waals surface area contributed by atoms with Crippen molar-refractivity contribution in [3.8, 4) is 11.5 Å². The highest BCUT2D eigenvalue weighted by molar-refractivity contribution is 6.14. The predicted octanol–water partition coefficient (Wildman–Crippen LogP) is 9.26. The number of unbranched alkanes of at least 4 members (excludes halogenated alkanes) is 15. The highest BCUT2D eigenvalue weighted by atomic mass is 16.5. The third-order valence-corrected chi connectivity index (χ3v) is 6.64. The van der Waals surface area contributed by atoms with Crippen molar-refractivity contribution >= 4 is 5.71 Å². The van der Waals surface area contributed by atoms with E-state index in [4.69, 9.17) is 4.74 Å². The lowest BCUT2D eigenvalue weighted by Gasteiger charge is -2.10. The first-order valence-electron chi connectivity index (χ1n) is 14.0. The van der Waals surface area contributed by atoms with E-state index in [9.17, 15) is 10.3 Å². The lowest BCUT2D eigenvalue weighted by atomic mass is 10.0. The number of hydrogen-bond donors (Lipinski definition) is 2. The van der Waals surface area contributed by atoms with Crippen LogP contribution >= 0.6 is 0 Å². The molecule has 0 atom stereocenters. The van der Waals surface area contributed by atoms with Crippen LogP contribution in [0.1, 0.15) is 121 Å². The molecule has 2 aromatic carbocycles. The zero-order valence-corrected chi connectivity index (χ0v) is 21.9. The van der Waals surface area contributed by atoms with Gasteiger partial charge in [-0.05, 0) is 18.6 Å². The number of phenolic OH excluding ortho intramolecular Hbond substituents is 1. The van der Waals surface area contributed by atoms with Gasteiger partial charge in [0.15, 0.2) is 0 Å². The van der Waals surface area contributed by atoms with Crippen LogP contribution in [0.15, 0.2) is 53.7 Å². The van der Waals surface area contributed by atoms with Crippen molar-refractivity contribution in [2.75, 3.05) is 6.61 Å². The molecule has 2 aromatic rings. The molecular weight excluding hydrogens is 434 g/mol. The van der Waals surface area contributed by atoms with Gasteiger partial charge in [0.05, 0.1) is 6.61 Å². The third kappa shape index (κ3) is 12.2. The van der Waals surface area contributed by atoms with Gasteiger partial charge in [0, 0.05) is 17.2 Å². The van der Waals surface area contributed by atoms with Crippen molar-refractivity contribution < 1.29 is 15.1 Å². The van der Waals surface area contributed by atoms with Gasteiger partial charge in [-0.15, -0.1) is 0 Å². The van der Waals surface area contributed by atoms with Gasteiger partial charge in [0.25, 0.3) is 0 Å². The second-order valence-corrected chi connectivity index (χ2v) is 9.65. The fraction of sp³-hybridized carbons (Fsp3) is 0.581. The first-order chi connectivity index (χ1) is 17.3. The molecule has 0 saturated heterocycles. The quantitative estimate of drug-likeness (QED) is 0.0857. The van der Waals surface area contributed by atoms with E-state index in [2.05, 4.69) is 12.1 Å². The van der Waals surface area contributed by atoms with E-state index in [1.54, 1.807) is 12.1 Å². The molecule has 0 spiro atoms. The van der Waals surface area contributed by atoms with E-state index in [1.807, 2.05) is 36.4 Å². The summed E-state index contributed by atoms with van der Waals surface area (Å²) in [6.07, 6.45) is 21.6. The zero-order valence-electron chi connectivity index (χ0n) is 21.9. The number of benzene rings is 2. The van der Waals surface area contributed by atoms with Crippen molar-refractivity contribution in [3.63, 3.8) is 0 Å². The highest BCUT2D eigenvalue weighted by Gasteiger charge is 2.13. The molecule has 0 aliphatic rings. The van der Waals surface area contributed by atoms with Crippen LogP contribution in [-0.4, -0.2) is 22.6 Å². The minimum atomic E-state index is 0.0473. The average Bonchev–Trinajstić information content (AvgIpc) is 2.88. The van der Waals surface area contributed by atoms with Crippen molar-refractivity contribution in [2.24, 2.45) is 5.16 Å². The van der Waals surface area contributed by atoms with Crippen LogP contribution in [-0.2, 0) is 0 Å². The Labute approximate surface area is 213 Å². The molecule has 0 saturated carbocycles. The molecule has 0 radical (unpaired) electrons. The van der Waals surface area contributed by atoms with Gasteiger partial charge in [-0.25, -0.2) is 0 Å². The topological polar surface area (TPSA) is 62.0 Å². The summed E-state index contributed by atoms with van der Waals surface area (Å²) < 4.78 is 5.82. The van der Waals surface area contributed by atoms with Crippen LogP contribution in [0.25, 0.3) is 0 Å². The Morgan fingerprint density at radius 1 is 0.686 bits per heavy atom. The molecule has 0 fully saturated rings. The van der Waals surface area contributed by atoms with Crippen LogP contribution in [0, 0.1) is 0 Å². The van der Waals surface area contributed by atoms with Crippen molar-refractivity contribution in [1.82, 2.24) is 0 Å². The first-order valence-corrected chi connectivity index (χ1v) is 14.0. The van der Waals surface area contributed by atoms with Crippen LogP contribution in [0.5, 0.6) is 11.5 Å².